The van der Waals surface area contributed by atoms with E-state index in [4.69, 9.17) is 9.84 Å². The third kappa shape index (κ3) is 2.03. The number of carboxylic acid groups (broad SMARTS) is 1. The zero-order valence-electron chi connectivity index (χ0n) is 9.45. The summed E-state index contributed by atoms with van der Waals surface area (Å²) in [6.45, 7) is 0. The van der Waals surface area contributed by atoms with E-state index < -0.39 is 5.97 Å². The average Bonchev–Trinajstić information content (AvgIpc) is 2.73. The number of methoxy groups -OCH3 is 1. The Bertz CT molecular complexity index is 410. The highest BCUT2D eigenvalue weighted by molar-refractivity contribution is 5.67. The Kier molecular flexibility index (Phi) is 3.13. The molecule has 86 valence electrons. The molecule has 1 aromatic rings. The quantitative estimate of drug-likeness (QED) is 0.846. The molecular formula is C13H16O3. The summed E-state index contributed by atoms with van der Waals surface area (Å²) < 4.78 is 5.43. The molecule has 0 unspecified atom stereocenters. The van der Waals surface area contributed by atoms with Crippen LogP contribution in [0.25, 0.3) is 0 Å². The molecule has 1 aliphatic rings. The molecule has 0 heterocycles. The van der Waals surface area contributed by atoms with Gasteiger partial charge in [-0.25, -0.2) is 0 Å². The lowest BCUT2D eigenvalue weighted by atomic mass is 10.0. The van der Waals surface area contributed by atoms with Crippen LogP contribution in [0.2, 0.25) is 0 Å². The second kappa shape index (κ2) is 4.56. The number of fused-ring (bicyclic) bond motifs is 1. The fourth-order valence-electron chi connectivity index (χ4n) is 2.37. The van der Waals surface area contributed by atoms with Crippen LogP contribution >= 0.6 is 0 Å². The molecule has 1 aliphatic carbocycles. The molecule has 1 aromatic carbocycles. The Morgan fingerprint density at radius 2 is 2.25 bits per heavy atom. The van der Waals surface area contributed by atoms with Gasteiger partial charge in [0.15, 0.2) is 0 Å². The van der Waals surface area contributed by atoms with E-state index in [2.05, 4.69) is 6.07 Å². The van der Waals surface area contributed by atoms with Gasteiger partial charge >= 0.3 is 5.97 Å². The minimum absolute atomic E-state index is 0.162. The number of aryl methyl sites for hydroxylation is 2. The topological polar surface area (TPSA) is 46.5 Å². The van der Waals surface area contributed by atoms with Crippen LogP contribution in [0.1, 0.15) is 29.5 Å². The molecule has 0 bridgehead atoms. The zero-order valence-corrected chi connectivity index (χ0v) is 9.45. The van der Waals surface area contributed by atoms with E-state index in [0.717, 1.165) is 24.2 Å². The van der Waals surface area contributed by atoms with Crippen molar-refractivity contribution in [3.8, 4) is 5.75 Å². The van der Waals surface area contributed by atoms with Gasteiger partial charge in [0, 0.05) is 6.42 Å². The van der Waals surface area contributed by atoms with Crippen molar-refractivity contribution < 1.29 is 14.6 Å². The number of ether oxygens (including phenoxy) is 1. The van der Waals surface area contributed by atoms with Gasteiger partial charge in [0.05, 0.1) is 7.11 Å². The van der Waals surface area contributed by atoms with Crippen molar-refractivity contribution in [2.75, 3.05) is 7.11 Å². The summed E-state index contributed by atoms with van der Waals surface area (Å²) in [4.78, 5) is 10.6. The van der Waals surface area contributed by atoms with Gasteiger partial charge in [-0.05, 0) is 42.4 Å². The molecule has 0 aliphatic heterocycles. The summed E-state index contributed by atoms with van der Waals surface area (Å²) in [7, 11) is 1.66. The van der Waals surface area contributed by atoms with Crippen molar-refractivity contribution in [3.63, 3.8) is 0 Å². The Morgan fingerprint density at radius 1 is 1.44 bits per heavy atom. The van der Waals surface area contributed by atoms with Crippen LogP contribution in [0, 0.1) is 0 Å². The van der Waals surface area contributed by atoms with Crippen LogP contribution in [0.3, 0.4) is 0 Å². The van der Waals surface area contributed by atoms with Gasteiger partial charge < -0.3 is 9.84 Å². The highest BCUT2D eigenvalue weighted by atomic mass is 16.5. The van der Waals surface area contributed by atoms with E-state index in [1.54, 1.807) is 7.11 Å². The van der Waals surface area contributed by atoms with Gasteiger partial charge in [-0.1, -0.05) is 12.1 Å². The molecule has 0 aromatic heterocycles. The van der Waals surface area contributed by atoms with Crippen molar-refractivity contribution >= 4 is 5.97 Å². The van der Waals surface area contributed by atoms with Crippen LogP contribution in [-0.2, 0) is 24.1 Å². The summed E-state index contributed by atoms with van der Waals surface area (Å²) in [5.74, 6) is 0.152. The van der Waals surface area contributed by atoms with Gasteiger partial charge in [0.2, 0.25) is 0 Å². The van der Waals surface area contributed by atoms with Gasteiger partial charge in [0.1, 0.15) is 5.75 Å². The number of hydrogen-bond acceptors (Lipinski definition) is 2. The second-order valence-corrected chi connectivity index (χ2v) is 4.14. The summed E-state index contributed by atoms with van der Waals surface area (Å²) in [6.07, 6.45) is 4.05. The van der Waals surface area contributed by atoms with Gasteiger partial charge in [-0.3, -0.25) is 4.79 Å². The lowest BCUT2D eigenvalue weighted by molar-refractivity contribution is -0.136. The van der Waals surface area contributed by atoms with Crippen LogP contribution in [0.15, 0.2) is 12.1 Å². The highest BCUT2D eigenvalue weighted by Crippen LogP contribution is 2.34. The maximum absolute atomic E-state index is 10.6. The molecule has 0 saturated heterocycles. The Hall–Kier alpha value is -1.51. The van der Waals surface area contributed by atoms with Crippen LogP contribution in [0.4, 0.5) is 0 Å². The largest absolute Gasteiger partial charge is 0.496 e. The predicted octanol–water partition coefficient (Wildman–Crippen LogP) is 2.20. The standard InChI is InChI=1S/C13H16O3/c1-16-13-10(7-8-12(14)15)6-5-9-3-2-4-11(9)13/h5-6H,2-4,7-8H2,1H3,(H,14,15). The van der Waals surface area contributed by atoms with Gasteiger partial charge in [0.25, 0.3) is 0 Å². The van der Waals surface area contributed by atoms with E-state index in [-0.39, 0.29) is 6.42 Å². The summed E-state index contributed by atoms with van der Waals surface area (Å²) in [5, 5.41) is 8.69. The molecule has 0 saturated carbocycles. The first kappa shape index (κ1) is 11.0. The fraction of sp³-hybridized carbons (Fsp3) is 0.462. The summed E-state index contributed by atoms with van der Waals surface area (Å²) >= 11 is 0. The number of aliphatic carboxylic acids is 1. The van der Waals surface area contributed by atoms with E-state index in [1.165, 1.54) is 17.5 Å². The summed E-state index contributed by atoms with van der Waals surface area (Å²) in [5.41, 5.74) is 3.66. The first-order valence-corrected chi connectivity index (χ1v) is 5.62. The van der Waals surface area contributed by atoms with Gasteiger partial charge in [-0.2, -0.15) is 0 Å². The molecule has 0 spiro atoms. The number of rotatable bonds is 4. The summed E-state index contributed by atoms with van der Waals surface area (Å²) in [6, 6.07) is 4.12. The van der Waals surface area contributed by atoms with Gasteiger partial charge in [-0.15, -0.1) is 0 Å². The maximum atomic E-state index is 10.6. The molecule has 3 nitrogen and oxygen atoms in total. The Labute approximate surface area is 95.0 Å². The third-order valence-corrected chi connectivity index (χ3v) is 3.12. The van der Waals surface area contributed by atoms with Crippen molar-refractivity contribution in [1.29, 1.82) is 0 Å². The lowest BCUT2D eigenvalue weighted by Crippen LogP contribution is -2.01. The van der Waals surface area contributed by atoms with Crippen molar-refractivity contribution in [2.24, 2.45) is 0 Å². The van der Waals surface area contributed by atoms with E-state index in [0.29, 0.717) is 6.42 Å². The van der Waals surface area contributed by atoms with Crippen LogP contribution in [-0.4, -0.2) is 18.2 Å². The monoisotopic (exact) mass is 220 g/mol. The van der Waals surface area contributed by atoms with Crippen LogP contribution in [0.5, 0.6) is 5.75 Å². The molecule has 16 heavy (non-hydrogen) atoms. The third-order valence-electron chi connectivity index (χ3n) is 3.12. The average molecular weight is 220 g/mol. The normalized spacial score (nSPS) is 13.6. The molecule has 1 N–H and O–H groups in total. The van der Waals surface area contributed by atoms with E-state index in [9.17, 15) is 4.79 Å². The second-order valence-electron chi connectivity index (χ2n) is 4.14. The van der Waals surface area contributed by atoms with Crippen molar-refractivity contribution in [2.45, 2.75) is 32.1 Å². The number of benzene rings is 1. The minimum atomic E-state index is -0.762. The SMILES string of the molecule is COc1c(CCC(=O)O)ccc2c1CCC2. The zero-order chi connectivity index (χ0) is 11.5. The number of hydrogen-bond donors (Lipinski definition) is 1. The molecule has 0 atom stereocenters. The fourth-order valence-corrected chi connectivity index (χ4v) is 2.37. The predicted molar refractivity (Wildman–Crippen MR) is 61.0 cm³/mol. The number of carbonyl (C=O) groups is 1. The Balaban J connectivity index is 2.28. The van der Waals surface area contributed by atoms with E-state index >= 15 is 0 Å². The molecule has 0 fully saturated rings. The first-order chi connectivity index (χ1) is 7.72. The molecular weight excluding hydrogens is 204 g/mol. The number of carboxylic acids is 1. The lowest BCUT2D eigenvalue weighted by Gasteiger charge is -2.12. The Morgan fingerprint density at radius 3 is 2.94 bits per heavy atom. The highest BCUT2D eigenvalue weighted by Gasteiger charge is 2.18. The molecule has 2 rings (SSSR count). The maximum Gasteiger partial charge on any atom is 0.303 e. The molecule has 0 radical (unpaired) electrons. The van der Waals surface area contributed by atoms with Crippen molar-refractivity contribution in [1.82, 2.24) is 0 Å². The first-order valence-electron chi connectivity index (χ1n) is 5.62. The van der Waals surface area contributed by atoms with Crippen molar-refractivity contribution in [3.05, 3.63) is 28.8 Å². The molecule has 3 heteroatoms. The minimum Gasteiger partial charge on any atom is -0.496 e. The smallest absolute Gasteiger partial charge is 0.303 e. The van der Waals surface area contributed by atoms with Crippen LogP contribution < -0.4 is 4.74 Å². The molecule has 0 amide bonds. The van der Waals surface area contributed by atoms with E-state index in [1.807, 2.05) is 6.07 Å².